The van der Waals surface area contributed by atoms with Crippen LogP contribution in [0.1, 0.15) is 11.1 Å². The van der Waals surface area contributed by atoms with Crippen LogP contribution in [-0.2, 0) is 12.7 Å². The van der Waals surface area contributed by atoms with Crippen molar-refractivity contribution in [1.29, 1.82) is 0 Å². The number of alkyl halides is 3. The Kier molecular flexibility index (Phi) is 4.35. The number of ether oxygens (including phenoxy) is 1. The van der Waals surface area contributed by atoms with E-state index in [0.717, 1.165) is 17.7 Å². The third kappa shape index (κ3) is 3.87. The average molecular weight is 299 g/mol. The SMILES string of the molecule is COc1ccc(CNc2ccc(F)c(C(F)(F)F)c2)cc1. The number of nitrogens with one attached hydrogen (secondary N) is 1. The largest absolute Gasteiger partial charge is 0.497 e. The van der Waals surface area contributed by atoms with Gasteiger partial charge in [-0.05, 0) is 35.9 Å². The van der Waals surface area contributed by atoms with Crippen LogP contribution in [0.15, 0.2) is 42.5 Å². The van der Waals surface area contributed by atoms with Crippen LogP contribution in [0.5, 0.6) is 5.75 Å². The van der Waals surface area contributed by atoms with E-state index in [4.69, 9.17) is 4.74 Å². The van der Waals surface area contributed by atoms with Crippen LogP contribution >= 0.6 is 0 Å². The highest BCUT2D eigenvalue weighted by Crippen LogP contribution is 2.33. The molecule has 2 nitrogen and oxygen atoms in total. The van der Waals surface area contributed by atoms with Gasteiger partial charge in [-0.3, -0.25) is 0 Å². The lowest BCUT2D eigenvalue weighted by molar-refractivity contribution is -0.139. The van der Waals surface area contributed by atoms with Crippen LogP contribution in [0.2, 0.25) is 0 Å². The number of rotatable bonds is 4. The van der Waals surface area contributed by atoms with E-state index in [1.54, 1.807) is 31.4 Å². The fourth-order valence-corrected chi connectivity index (χ4v) is 1.80. The molecule has 0 saturated carbocycles. The monoisotopic (exact) mass is 299 g/mol. The lowest BCUT2D eigenvalue weighted by Gasteiger charge is -2.12. The topological polar surface area (TPSA) is 21.3 Å². The van der Waals surface area contributed by atoms with E-state index in [9.17, 15) is 17.6 Å². The van der Waals surface area contributed by atoms with Gasteiger partial charge in [-0.1, -0.05) is 12.1 Å². The Balaban J connectivity index is 2.09. The fraction of sp³-hybridized carbons (Fsp3) is 0.200. The smallest absolute Gasteiger partial charge is 0.419 e. The standard InChI is InChI=1S/C15H13F4NO/c1-21-12-5-2-10(3-6-12)9-20-11-4-7-14(16)13(8-11)15(17,18)19/h2-8,20H,9H2,1H3. The maximum atomic E-state index is 13.2. The number of benzene rings is 2. The summed E-state index contributed by atoms with van der Waals surface area (Å²) in [5, 5.41) is 2.83. The van der Waals surface area contributed by atoms with E-state index in [0.29, 0.717) is 12.3 Å². The van der Waals surface area contributed by atoms with Crippen LogP contribution in [0.3, 0.4) is 0 Å². The maximum Gasteiger partial charge on any atom is 0.419 e. The zero-order valence-corrected chi connectivity index (χ0v) is 11.2. The lowest BCUT2D eigenvalue weighted by Crippen LogP contribution is -2.09. The van der Waals surface area contributed by atoms with E-state index in [1.807, 2.05) is 0 Å². The van der Waals surface area contributed by atoms with Crippen molar-refractivity contribution in [2.75, 3.05) is 12.4 Å². The van der Waals surface area contributed by atoms with Gasteiger partial charge in [-0.2, -0.15) is 13.2 Å². The zero-order chi connectivity index (χ0) is 15.5. The van der Waals surface area contributed by atoms with Crippen molar-refractivity contribution in [3.8, 4) is 5.75 Å². The zero-order valence-electron chi connectivity index (χ0n) is 11.2. The Morgan fingerprint density at radius 2 is 1.71 bits per heavy atom. The minimum absolute atomic E-state index is 0.208. The predicted molar refractivity (Wildman–Crippen MR) is 71.7 cm³/mol. The maximum absolute atomic E-state index is 13.2. The Morgan fingerprint density at radius 3 is 2.29 bits per heavy atom. The molecule has 2 rings (SSSR count). The molecule has 2 aromatic carbocycles. The second kappa shape index (κ2) is 6.03. The molecule has 0 heterocycles. The Morgan fingerprint density at radius 1 is 1.05 bits per heavy atom. The van der Waals surface area contributed by atoms with Gasteiger partial charge in [0.05, 0.1) is 12.7 Å². The van der Waals surface area contributed by atoms with Crippen molar-refractivity contribution in [3.05, 3.63) is 59.4 Å². The summed E-state index contributed by atoms with van der Waals surface area (Å²) in [7, 11) is 1.55. The fourth-order valence-electron chi connectivity index (χ4n) is 1.80. The molecule has 0 aliphatic carbocycles. The normalized spacial score (nSPS) is 11.3. The summed E-state index contributed by atoms with van der Waals surface area (Å²) in [4.78, 5) is 0. The summed E-state index contributed by atoms with van der Waals surface area (Å²) in [5.41, 5.74) is -0.199. The van der Waals surface area contributed by atoms with Gasteiger partial charge in [-0.15, -0.1) is 0 Å². The highest BCUT2D eigenvalue weighted by molar-refractivity contribution is 5.47. The number of hydrogen-bond donors (Lipinski definition) is 1. The highest BCUT2D eigenvalue weighted by atomic mass is 19.4. The molecule has 0 atom stereocenters. The number of methoxy groups -OCH3 is 1. The molecule has 0 unspecified atom stereocenters. The van der Waals surface area contributed by atoms with Gasteiger partial charge in [-0.25, -0.2) is 4.39 Å². The van der Waals surface area contributed by atoms with Crippen molar-refractivity contribution in [1.82, 2.24) is 0 Å². The summed E-state index contributed by atoms with van der Waals surface area (Å²) >= 11 is 0. The molecule has 0 radical (unpaired) electrons. The third-order valence-electron chi connectivity index (χ3n) is 2.93. The molecule has 112 valence electrons. The van der Waals surface area contributed by atoms with E-state index in [2.05, 4.69) is 5.32 Å². The van der Waals surface area contributed by atoms with Crippen LogP contribution in [0.25, 0.3) is 0 Å². The van der Waals surface area contributed by atoms with Gasteiger partial charge < -0.3 is 10.1 Å². The molecule has 2 aromatic rings. The van der Waals surface area contributed by atoms with Crippen molar-refractivity contribution in [2.24, 2.45) is 0 Å². The summed E-state index contributed by atoms with van der Waals surface area (Å²) in [6.45, 7) is 0.326. The molecule has 0 amide bonds. The van der Waals surface area contributed by atoms with Crippen LogP contribution in [0.4, 0.5) is 23.2 Å². The molecule has 0 aromatic heterocycles. The molecule has 0 bridgehead atoms. The molecule has 6 heteroatoms. The molecule has 21 heavy (non-hydrogen) atoms. The van der Waals surface area contributed by atoms with Crippen molar-refractivity contribution < 1.29 is 22.3 Å². The Hall–Kier alpha value is -2.24. The number of hydrogen-bond acceptors (Lipinski definition) is 2. The summed E-state index contributed by atoms with van der Waals surface area (Å²) in [6, 6.07) is 9.93. The van der Waals surface area contributed by atoms with E-state index < -0.39 is 17.6 Å². The first-order valence-electron chi connectivity index (χ1n) is 6.13. The van der Waals surface area contributed by atoms with Gasteiger partial charge >= 0.3 is 6.18 Å². The van der Waals surface area contributed by atoms with E-state index >= 15 is 0 Å². The Bertz CT molecular complexity index is 608. The van der Waals surface area contributed by atoms with Crippen LogP contribution in [-0.4, -0.2) is 7.11 Å². The first-order valence-corrected chi connectivity index (χ1v) is 6.13. The van der Waals surface area contributed by atoms with Crippen LogP contribution < -0.4 is 10.1 Å². The molecule has 0 saturated heterocycles. The van der Waals surface area contributed by atoms with E-state index in [1.165, 1.54) is 6.07 Å². The van der Waals surface area contributed by atoms with Gasteiger partial charge in [0.2, 0.25) is 0 Å². The average Bonchev–Trinajstić information content (AvgIpc) is 2.45. The second-order valence-electron chi connectivity index (χ2n) is 4.39. The molecule has 0 fully saturated rings. The van der Waals surface area contributed by atoms with Gasteiger partial charge in [0.25, 0.3) is 0 Å². The summed E-state index contributed by atoms with van der Waals surface area (Å²) in [6.07, 6.45) is -4.71. The first-order chi connectivity index (χ1) is 9.90. The Labute approximate surface area is 119 Å². The van der Waals surface area contributed by atoms with Crippen molar-refractivity contribution >= 4 is 5.69 Å². The minimum atomic E-state index is -4.71. The van der Waals surface area contributed by atoms with Crippen molar-refractivity contribution in [3.63, 3.8) is 0 Å². The molecule has 0 spiro atoms. The summed E-state index contributed by atoms with van der Waals surface area (Å²) < 4.78 is 55.9. The molecule has 0 aliphatic rings. The van der Waals surface area contributed by atoms with Gasteiger partial charge in [0.1, 0.15) is 11.6 Å². The predicted octanol–water partition coefficient (Wildman–Crippen LogP) is 4.47. The third-order valence-corrected chi connectivity index (χ3v) is 2.93. The van der Waals surface area contributed by atoms with Crippen LogP contribution in [0, 0.1) is 5.82 Å². The molecule has 1 N–H and O–H groups in total. The van der Waals surface area contributed by atoms with Gasteiger partial charge in [0.15, 0.2) is 0 Å². The minimum Gasteiger partial charge on any atom is -0.497 e. The molecular formula is C15H13F4NO. The second-order valence-corrected chi connectivity index (χ2v) is 4.39. The first kappa shape index (κ1) is 15.2. The molecular weight excluding hydrogens is 286 g/mol. The summed E-state index contributed by atoms with van der Waals surface area (Å²) in [5.74, 6) is -0.586. The van der Waals surface area contributed by atoms with E-state index in [-0.39, 0.29) is 5.69 Å². The molecule has 0 aliphatic heterocycles. The quantitative estimate of drug-likeness (QED) is 0.841. The number of halogens is 4. The number of anilines is 1. The van der Waals surface area contributed by atoms with Gasteiger partial charge in [0, 0.05) is 12.2 Å². The highest BCUT2D eigenvalue weighted by Gasteiger charge is 2.34. The lowest BCUT2D eigenvalue weighted by atomic mass is 10.1. The van der Waals surface area contributed by atoms with Crippen molar-refractivity contribution in [2.45, 2.75) is 12.7 Å².